The Labute approximate surface area is 166 Å². The number of fused-ring (bicyclic) bond motifs is 1. The van der Waals surface area contributed by atoms with Gasteiger partial charge in [-0.1, -0.05) is 41.4 Å². The van der Waals surface area contributed by atoms with Crippen LogP contribution >= 0.6 is 23.2 Å². The van der Waals surface area contributed by atoms with E-state index < -0.39 is 0 Å². The van der Waals surface area contributed by atoms with Crippen molar-refractivity contribution in [2.45, 2.75) is 6.92 Å². The van der Waals surface area contributed by atoms with E-state index in [0.29, 0.717) is 21.3 Å². The highest BCUT2D eigenvalue weighted by Gasteiger charge is 2.10. The van der Waals surface area contributed by atoms with Crippen LogP contribution in [0.1, 0.15) is 15.9 Å². The van der Waals surface area contributed by atoms with E-state index in [4.69, 9.17) is 23.2 Å². The number of H-pyrrole nitrogens is 1. The third kappa shape index (κ3) is 3.82. The molecule has 4 rings (SSSR count). The minimum Gasteiger partial charge on any atom is -0.338 e. The first kappa shape index (κ1) is 17.6. The monoisotopic (exact) mass is 395 g/mol. The number of nitrogens with one attached hydrogen (secondary N) is 2. The summed E-state index contributed by atoms with van der Waals surface area (Å²) < 4.78 is 0. The summed E-state index contributed by atoms with van der Waals surface area (Å²) >= 11 is 11.9. The number of aromatic nitrogens is 2. The van der Waals surface area contributed by atoms with Crippen molar-refractivity contribution in [2.24, 2.45) is 0 Å². The van der Waals surface area contributed by atoms with Gasteiger partial charge in [0.1, 0.15) is 5.82 Å². The van der Waals surface area contributed by atoms with Gasteiger partial charge in [0.05, 0.1) is 11.0 Å². The Morgan fingerprint density at radius 3 is 2.37 bits per heavy atom. The molecule has 4 nitrogen and oxygen atoms in total. The molecular formula is C21H15Cl2N3O. The lowest BCUT2D eigenvalue weighted by atomic mass is 10.1. The molecule has 0 unspecified atom stereocenters. The van der Waals surface area contributed by atoms with E-state index in [1.165, 1.54) is 5.56 Å². The number of aromatic amines is 1. The fraction of sp³-hybridized carbons (Fsp3) is 0.0476. The zero-order valence-electron chi connectivity index (χ0n) is 14.4. The van der Waals surface area contributed by atoms with Gasteiger partial charge in [-0.05, 0) is 55.0 Å². The third-order valence-electron chi connectivity index (χ3n) is 4.18. The third-order valence-corrected chi connectivity index (χ3v) is 4.61. The number of carbonyl (C=O) groups excluding carboxylic acids is 1. The highest BCUT2D eigenvalue weighted by Crippen LogP contribution is 2.24. The standard InChI is InChI=1S/C21H15Cl2N3O/c1-12-2-7-18-19(8-12)26-20(25-18)13-3-5-14(6-4-13)21(27)24-17-10-15(22)9-16(23)11-17/h2-11H,1H3,(H,24,27)(H,25,26). The lowest BCUT2D eigenvalue weighted by Crippen LogP contribution is -2.11. The molecule has 1 heterocycles. The Kier molecular flexibility index (Phi) is 4.60. The van der Waals surface area contributed by atoms with Crippen molar-refractivity contribution >= 4 is 45.8 Å². The zero-order chi connectivity index (χ0) is 19.0. The zero-order valence-corrected chi connectivity index (χ0v) is 15.9. The van der Waals surface area contributed by atoms with Crippen LogP contribution < -0.4 is 5.32 Å². The summed E-state index contributed by atoms with van der Waals surface area (Å²) in [5, 5.41) is 3.73. The summed E-state index contributed by atoms with van der Waals surface area (Å²) in [5.74, 6) is 0.532. The lowest BCUT2D eigenvalue weighted by Gasteiger charge is -2.07. The Hall–Kier alpha value is -2.82. The number of aryl methyl sites for hydroxylation is 1. The molecule has 3 aromatic carbocycles. The minimum absolute atomic E-state index is 0.236. The summed E-state index contributed by atoms with van der Waals surface area (Å²) in [5.41, 5.74) is 5.06. The van der Waals surface area contributed by atoms with Crippen LogP contribution in [0.2, 0.25) is 10.0 Å². The molecule has 134 valence electrons. The summed E-state index contributed by atoms with van der Waals surface area (Å²) in [7, 11) is 0. The van der Waals surface area contributed by atoms with Gasteiger partial charge in [0, 0.05) is 26.9 Å². The molecule has 0 spiro atoms. The maximum atomic E-state index is 12.4. The van der Waals surface area contributed by atoms with Crippen molar-refractivity contribution < 1.29 is 4.79 Å². The average Bonchev–Trinajstić information content (AvgIpc) is 3.04. The molecule has 4 aromatic rings. The van der Waals surface area contributed by atoms with Crippen molar-refractivity contribution in [2.75, 3.05) is 5.32 Å². The Balaban J connectivity index is 1.56. The lowest BCUT2D eigenvalue weighted by molar-refractivity contribution is 0.102. The Morgan fingerprint density at radius 2 is 1.67 bits per heavy atom. The number of imidazole rings is 1. The number of carbonyl (C=O) groups is 1. The van der Waals surface area contributed by atoms with Gasteiger partial charge in [-0.25, -0.2) is 4.98 Å². The highest BCUT2D eigenvalue weighted by molar-refractivity contribution is 6.35. The molecule has 1 amide bonds. The first-order chi connectivity index (χ1) is 13.0. The molecule has 1 aromatic heterocycles. The topological polar surface area (TPSA) is 57.8 Å². The molecule has 2 N–H and O–H groups in total. The molecule has 0 fully saturated rings. The fourth-order valence-corrected chi connectivity index (χ4v) is 3.39. The van der Waals surface area contributed by atoms with Gasteiger partial charge < -0.3 is 10.3 Å². The second kappa shape index (κ2) is 7.06. The van der Waals surface area contributed by atoms with Crippen LogP contribution in [0.5, 0.6) is 0 Å². The average molecular weight is 396 g/mol. The van der Waals surface area contributed by atoms with Gasteiger partial charge in [0.2, 0.25) is 0 Å². The number of amides is 1. The molecule has 0 bridgehead atoms. The molecule has 6 heteroatoms. The molecule has 0 aliphatic carbocycles. The van der Waals surface area contributed by atoms with Crippen molar-refractivity contribution in [1.29, 1.82) is 0 Å². The number of halogens is 2. The van der Waals surface area contributed by atoms with Gasteiger partial charge in [0.25, 0.3) is 5.91 Å². The second-order valence-electron chi connectivity index (χ2n) is 6.30. The van der Waals surface area contributed by atoms with Crippen molar-refractivity contribution in [3.8, 4) is 11.4 Å². The molecule has 0 aliphatic rings. The van der Waals surface area contributed by atoms with E-state index in [0.717, 1.165) is 22.4 Å². The van der Waals surface area contributed by atoms with Crippen LogP contribution in [0.25, 0.3) is 22.4 Å². The predicted octanol–water partition coefficient (Wildman–Crippen LogP) is 6.10. The molecule has 0 saturated heterocycles. The number of hydrogen-bond donors (Lipinski definition) is 2. The van der Waals surface area contributed by atoms with E-state index in [9.17, 15) is 4.79 Å². The SMILES string of the molecule is Cc1ccc2nc(-c3ccc(C(=O)Nc4cc(Cl)cc(Cl)c4)cc3)[nH]c2c1. The van der Waals surface area contributed by atoms with Crippen molar-refractivity contribution in [1.82, 2.24) is 9.97 Å². The quantitative estimate of drug-likeness (QED) is 0.440. The predicted molar refractivity (Wildman–Crippen MR) is 111 cm³/mol. The molecule has 0 radical (unpaired) electrons. The van der Waals surface area contributed by atoms with Crippen molar-refractivity contribution in [3.63, 3.8) is 0 Å². The normalized spacial score (nSPS) is 10.9. The van der Waals surface area contributed by atoms with Crippen LogP contribution in [0.3, 0.4) is 0 Å². The summed E-state index contributed by atoms with van der Waals surface area (Å²) in [6.07, 6.45) is 0. The smallest absolute Gasteiger partial charge is 0.255 e. The van der Waals surface area contributed by atoms with Crippen molar-refractivity contribution in [3.05, 3.63) is 81.8 Å². The maximum absolute atomic E-state index is 12.4. The van der Waals surface area contributed by atoms with E-state index in [1.807, 2.05) is 31.2 Å². The first-order valence-electron chi connectivity index (χ1n) is 8.32. The summed E-state index contributed by atoms with van der Waals surface area (Å²) in [4.78, 5) is 20.4. The maximum Gasteiger partial charge on any atom is 0.255 e. The highest BCUT2D eigenvalue weighted by atomic mass is 35.5. The van der Waals surface area contributed by atoms with Gasteiger partial charge in [-0.15, -0.1) is 0 Å². The van der Waals surface area contributed by atoms with E-state index in [2.05, 4.69) is 21.4 Å². The number of nitrogens with zero attached hydrogens (tertiary/aromatic N) is 1. The van der Waals surface area contributed by atoms with Gasteiger partial charge in [0.15, 0.2) is 0 Å². The van der Waals surface area contributed by atoms with Crippen LogP contribution in [0.15, 0.2) is 60.7 Å². The van der Waals surface area contributed by atoms with Gasteiger partial charge >= 0.3 is 0 Å². The molecule has 0 saturated carbocycles. The molecule has 27 heavy (non-hydrogen) atoms. The van der Waals surface area contributed by atoms with E-state index in [-0.39, 0.29) is 5.91 Å². The number of hydrogen-bond acceptors (Lipinski definition) is 2. The first-order valence-corrected chi connectivity index (χ1v) is 9.08. The largest absolute Gasteiger partial charge is 0.338 e. The van der Waals surface area contributed by atoms with Crippen LogP contribution in [0, 0.1) is 6.92 Å². The summed E-state index contributed by atoms with van der Waals surface area (Å²) in [6, 6.07) is 18.2. The van der Waals surface area contributed by atoms with E-state index >= 15 is 0 Å². The molecule has 0 atom stereocenters. The van der Waals surface area contributed by atoms with Gasteiger partial charge in [-0.3, -0.25) is 4.79 Å². The van der Waals surface area contributed by atoms with Crippen LogP contribution in [0.4, 0.5) is 5.69 Å². The minimum atomic E-state index is -0.236. The number of rotatable bonds is 3. The fourth-order valence-electron chi connectivity index (χ4n) is 2.87. The molecule has 0 aliphatic heterocycles. The Bertz CT molecular complexity index is 1130. The van der Waals surface area contributed by atoms with Crippen LogP contribution in [-0.2, 0) is 0 Å². The summed E-state index contributed by atoms with van der Waals surface area (Å²) in [6.45, 7) is 2.04. The van der Waals surface area contributed by atoms with Crippen LogP contribution in [-0.4, -0.2) is 15.9 Å². The number of benzene rings is 3. The Morgan fingerprint density at radius 1 is 0.963 bits per heavy atom. The second-order valence-corrected chi connectivity index (χ2v) is 7.17. The number of anilines is 1. The van der Waals surface area contributed by atoms with Gasteiger partial charge in [-0.2, -0.15) is 0 Å². The molecular weight excluding hydrogens is 381 g/mol. The van der Waals surface area contributed by atoms with E-state index in [1.54, 1.807) is 30.3 Å².